The predicted octanol–water partition coefficient (Wildman–Crippen LogP) is 2.85. The number of amides is 1. The van der Waals surface area contributed by atoms with Crippen LogP contribution in [0.4, 0.5) is 0 Å². The Kier molecular flexibility index (Phi) is 5.22. The number of carbonyl (C=O) groups excluding carboxylic acids is 1. The highest BCUT2D eigenvalue weighted by Crippen LogP contribution is 2.20. The Morgan fingerprint density at radius 3 is 2.71 bits per heavy atom. The summed E-state index contributed by atoms with van der Waals surface area (Å²) in [6.07, 6.45) is 3.30. The van der Waals surface area contributed by atoms with E-state index in [1.54, 1.807) is 18.5 Å². The van der Waals surface area contributed by atoms with Crippen molar-refractivity contribution in [3.05, 3.63) is 60.0 Å². The predicted molar refractivity (Wildman–Crippen MR) is 91.3 cm³/mol. The molecule has 0 unspecified atom stereocenters. The number of aromatic nitrogens is 3. The fourth-order valence-corrected chi connectivity index (χ4v) is 2.61. The van der Waals surface area contributed by atoms with Crippen molar-refractivity contribution in [2.24, 2.45) is 0 Å². The maximum Gasteiger partial charge on any atom is 0.230 e. The second kappa shape index (κ2) is 7.74. The molecule has 0 fully saturated rings. The van der Waals surface area contributed by atoms with E-state index in [1.807, 2.05) is 37.3 Å². The van der Waals surface area contributed by atoms with Gasteiger partial charge in [0.15, 0.2) is 10.9 Å². The van der Waals surface area contributed by atoms with E-state index >= 15 is 0 Å². The lowest BCUT2D eigenvalue weighted by atomic mass is 10.1. The average Bonchev–Trinajstić information content (AvgIpc) is 3.09. The fourth-order valence-electron chi connectivity index (χ4n) is 1.98. The van der Waals surface area contributed by atoms with Crippen LogP contribution in [-0.2, 0) is 11.3 Å². The lowest BCUT2D eigenvalue weighted by Gasteiger charge is -2.01. The van der Waals surface area contributed by atoms with E-state index in [1.165, 1.54) is 17.3 Å². The van der Waals surface area contributed by atoms with Crippen LogP contribution in [0.3, 0.4) is 0 Å². The molecular formula is C17H16N4O2S. The normalized spacial score (nSPS) is 10.5. The number of carbonyl (C=O) groups is 1. The van der Waals surface area contributed by atoms with Crippen molar-refractivity contribution < 1.29 is 9.32 Å². The topological polar surface area (TPSA) is 80.9 Å². The van der Waals surface area contributed by atoms with Gasteiger partial charge in [0.2, 0.25) is 5.91 Å². The highest BCUT2D eigenvalue weighted by atomic mass is 32.2. The lowest BCUT2D eigenvalue weighted by molar-refractivity contribution is -0.118. The average molecular weight is 340 g/mol. The first kappa shape index (κ1) is 16.2. The van der Waals surface area contributed by atoms with E-state index in [4.69, 9.17) is 4.52 Å². The van der Waals surface area contributed by atoms with Crippen LogP contribution >= 0.6 is 11.8 Å². The number of thioether (sulfide) groups is 1. The van der Waals surface area contributed by atoms with Crippen LogP contribution in [0.1, 0.15) is 11.3 Å². The van der Waals surface area contributed by atoms with Crippen LogP contribution in [0.25, 0.3) is 11.3 Å². The maximum absolute atomic E-state index is 11.9. The third kappa shape index (κ3) is 4.42. The smallest absolute Gasteiger partial charge is 0.230 e. The molecule has 0 atom stereocenters. The third-order valence-corrected chi connectivity index (χ3v) is 4.11. The largest absolute Gasteiger partial charge is 0.356 e. The summed E-state index contributed by atoms with van der Waals surface area (Å²) in [7, 11) is 0. The summed E-state index contributed by atoms with van der Waals surface area (Å²) in [5.41, 5.74) is 2.83. The molecule has 1 aromatic carbocycles. The van der Waals surface area contributed by atoms with Crippen LogP contribution in [0, 0.1) is 6.92 Å². The van der Waals surface area contributed by atoms with E-state index < -0.39 is 0 Å². The highest BCUT2D eigenvalue weighted by Gasteiger charge is 2.09. The van der Waals surface area contributed by atoms with Crippen molar-refractivity contribution >= 4 is 17.7 Å². The quantitative estimate of drug-likeness (QED) is 0.549. The van der Waals surface area contributed by atoms with Crippen LogP contribution in [0.15, 0.2) is 58.5 Å². The molecular weight excluding hydrogens is 324 g/mol. The van der Waals surface area contributed by atoms with Gasteiger partial charge in [0, 0.05) is 24.0 Å². The van der Waals surface area contributed by atoms with Gasteiger partial charge in [-0.25, -0.2) is 9.97 Å². The summed E-state index contributed by atoms with van der Waals surface area (Å²) in [5.74, 6) is 0.839. The first-order chi connectivity index (χ1) is 11.7. The molecule has 1 N–H and O–H groups in total. The Morgan fingerprint density at radius 2 is 1.96 bits per heavy atom. The molecule has 3 rings (SSSR count). The Morgan fingerprint density at radius 1 is 1.21 bits per heavy atom. The Balaban J connectivity index is 1.50. The zero-order valence-electron chi connectivity index (χ0n) is 13.1. The summed E-state index contributed by atoms with van der Waals surface area (Å²) in [6.45, 7) is 2.36. The van der Waals surface area contributed by atoms with Gasteiger partial charge in [-0.1, -0.05) is 46.7 Å². The lowest BCUT2D eigenvalue weighted by Crippen LogP contribution is -2.24. The number of hydrogen-bond donors (Lipinski definition) is 1. The van der Waals surface area contributed by atoms with Crippen molar-refractivity contribution in [1.29, 1.82) is 0 Å². The van der Waals surface area contributed by atoms with Gasteiger partial charge in [0.25, 0.3) is 0 Å². The van der Waals surface area contributed by atoms with Gasteiger partial charge in [0.05, 0.1) is 12.3 Å². The number of benzene rings is 1. The van der Waals surface area contributed by atoms with Crippen molar-refractivity contribution in [2.75, 3.05) is 5.75 Å². The standard InChI is InChI=1S/C17H16N4O2S/c1-12-3-5-13(6-4-12)15-9-14(21-23-15)10-20-16(22)11-24-17-18-7-2-8-19-17/h2-9H,10-11H2,1H3,(H,20,22). The number of aryl methyl sites for hydroxylation is 1. The van der Waals surface area contributed by atoms with Gasteiger partial charge >= 0.3 is 0 Å². The van der Waals surface area contributed by atoms with Gasteiger partial charge in [-0.15, -0.1) is 0 Å². The molecule has 0 radical (unpaired) electrons. The number of rotatable bonds is 6. The summed E-state index contributed by atoms with van der Waals surface area (Å²) >= 11 is 1.29. The van der Waals surface area contributed by atoms with Gasteiger partial charge in [-0.3, -0.25) is 4.79 Å². The molecule has 0 aliphatic rings. The minimum absolute atomic E-state index is 0.104. The van der Waals surface area contributed by atoms with Crippen molar-refractivity contribution in [2.45, 2.75) is 18.6 Å². The number of hydrogen-bond acceptors (Lipinski definition) is 6. The minimum atomic E-state index is -0.104. The Labute approximate surface area is 143 Å². The van der Waals surface area contributed by atoms with Crippen molar-refractivity contribution in [3.8, 4) is 11.3 Å². The van der Waals surface area contributed by atoms with E-state index in [-0.39, 0.29) is 11.7 Å². The molecule has 7 heteroatoms. The molecule has 0 spiro atoms. The van der Waals surface area contributed by atoms with E-state index in [0.29, 0.717) is 23.2 Å². The molecule has 6 nitrogen and oxygen atoms in total. The summed E-state index contributed by atoms with van der Waals surface area (Å²) in [5, 5.41) is 7.37. The van der Waals surface area contributed by atoms with E-state index in [9.17, 15) is 4.79 Å². The first-order valence-corrected chi connectivity index (χ1v) is 8.38. The molecule has 122 valence electrons. The third-order valence-electron chi connectivity index (χ3n) is 3.24. The monoisotopic (exact) mass is 340 g/mol. The number of nitrogens with zero attached hydrogens (tertiary/aromatic N) is 3. The minimum Gasteiger partial charge on any atom is -0.356 e. The molecule has 0 saturated heterocycles. The second-order valence-corrected chi connectivity index (χ2v) is 6.09. The maximum atomic E-state index is 11.9. The molecule has 0 aliphatic carbocycles. The van der Waals surface area contributed by atoms with Crippen LogP contribution in [0.2, 0.25) is 0 Å². The van der Waals surface area contributed by atoms with Crippen LogP contribution in [-0.4, -0.2) is 26.8 Å². The Bertz CT molecular complexity index is 803. The van der Waals surface area contributed by atoms with Gasteiger partial charge in [-0.05, 0) is 13.0 Å². The van der Waals surface area contributed by atoms with E-state index in [0.717, 1.165) is 5.56 Å². The molecule has 2 aromatic heterocycles. The summed E-state index contributed by atoms with van der Waals surface area (Å²) in [6, 6.07) is 11.6. The summed E-state index contributed by atoms with van der Waals surface area (Å²) < 4.78 is 5.33. The fraction of sp³-hybridized carbons (Fsp3) is 0.176. The van der Waals surface area contributed by atoms with Crippen molar-refractivity contribution in [3.63, 3.8) is 0 Å². The van der Waals surface area contributed by atoms with Gasteiger partial charge in [-0.2, -0.15) is 0 Å². The first-order valence-electron chi connectivity index (χ1n) is 7.40. The number of nitrogens with one attached hydrogen (secondary N) is 1. The van der Waals surface area contributed by atoms with Crippen LogP contribution in [0.5, 0.6) is 0 Å². The summed E-state index contributed by atoms with van der Waals surface area (Å²) in [4.78, 5) is 20.0. The van der Waals surface area contributed by atoms with E-state index in [2.05, 4.69) is 20.4 Å². The SMILES string of the molecule is Cc1ccc(-c2cc(CNC(=O)CSc3ncccn3)no2)cc1. The molecule has 3 aromatic rings. The second-order valence-electron chi connectivity index (χ2n) is 5.15. The molecule has 0 saturated carbocycles. The van der Waals surface area contributed by atoms with Crippen molar-refractivity contribution in [1.82, 2.24) is 20.4 Å². The molecule has 24 heavy (non-hydrogen) atoms. The molecule has 0 aliphatic heterocycles. The Hall–Kier alpha value is -2.67. The zero-order valence-corrected chi connectivity index (χ0v) is 13.9. The molecule has 2 heterocycles. The van der Waals surface area contributed by atoms with Crippen LogP contribution < -0.4 is 5.32 Å². The zero-order chi connectivity index (χ0) is 16.8. The molecule has 1 amide bonds. The van der Waals surface area contributed by atoms with Gasteiger partial charge in [0.1, 0.15) is 5.69 Å². The van der Waals surface area contributed by atoms with Gasteiger partial charge < -0.3 is 9.84 Å². The molecule has 0 bridgehead atoms. The highest BCUT2D eigenvalue weighted by molar-refractivity contribution is 7.99.